The van der Waals surface area contributed by atoms with E-state index in [0.717, 1.165) is 0 Å². The first-order valence-electron chi connectivity index (χ1n) is 9.16. The maximum atomic E-state index is 14.2. The Morgan fingerprint density at radius 3 is 2.68 bits per heavy atom. The van der Waals surface area contributed by atoms with Gasteiger partial charge in [0, 0.05) is 23.2 Å². The van der Waals surface area contributed by atoms with E-state index in [1.165, 1.54) is 30.6 Å². The number of aromatic nitrogens is 3. The lowest BCUT2D eigenvalue weighted by molar-refractivity contribution is 0.102. The van der Waals surface area contributed by atoms with E-state index in [2.05, 4.69) is 20.3 Å². The molecule has 9 heteroatoms. The number of methoxy groups -OCH3 is 2. The third-order valence-corrected chi connectivity index (χ3v) is 5.16. The summed E-state index contributed by atoms with van der Waals surface area (Å²) in [6.07, 6.45) is 1.55. The number of hydrogen-bond acceptors (Lipinski definition) is 7. The normalized spacial score (nSPS) is 10.5. The van der Waals surface area contributed by atoms with E-state index in [1.807, 2.05) is 6.07 Å². The maximum absolute atomic E-state index is 14.2. The van der Waals surface area contributed by atoms with Crippen LogP contribution in [0.5, 0.6) is 11.6 Å². The van der Waals surface area contributed by atoms with Gasteiger partial charge in [-0.05, 0) is 36.4 Å². The van der Waals surface area contributed by atoms with Crippen LogP contribution in [0, 0.1) is 5.82 Å². The minimum atomic E-state index is -0.535. The second-order valence-corrected chi connectivity index (χ2v) is 7.16. The number of thiazole rings is 1. The highest BCUT2D eigenvalue weighted by atomic mass is 32.1. The molecule has 4 aromatic rings. The molecule has 3 heterocycles. The van der Waals surface area contributed by atoms with Gasteiger partial charge in [-0.15, -0.1) is 11.3 Å². The van der Waals surface area contributed by atoms with Crippen LogP contribution in [-0.2, 0) is 0 Å². The van der Waals surface area contributed by atoms with E-state index in [9.17, 15) is 9.18 Å². The molecule has 0 aliphatic carbocycles. The summed E-state index contributed by atoms with van der Waals surface area (Å²) in [7, 11) is 2.93. The lowest BCUT2D eigenvalue weighted by Crippen LogP contribution is -2.13. The number of amides is 1. The van der Waals surface area contributed by atoms with Crippen LogP contribution in [0.1, 0.15) is 10.4 Å². The predicted octanol–water partition coefficient (Wildman–Crippen LogP) is 4.68. The molecule has 0 saturated heterocycles. The Kier molecular flexibility index (Phi) is 5.85. The highest BCUT2D eigenvalue weighted by Gasteiger charge is 2.17. The molecule has 0 aliphatic heterocycles. The lowest BCUT2D eigenvalue weighted by atomic mass is 10.0. The van der Waals surface area contributed by atoms with Gasteiger partial charge in [-0.1, -0.05) is 6.07 Å². The zero-order valence-electron chi connectivity index (χ0n) is 16.6. The predicted molar refractivity (Wildman–Crippen MR) is 116 cm³/mol. The third kappa shape index (κ3) is 4.36. The number of pyridine rings is 2. The average Bonchev–Trinajstić information content (AvgIpc) is 3.27. The van der Waals surface area contributed by atoms with Crippen LogP contribution in [-0.4, -0.2) is 35.1 Å². The van der Waals surface area contributed by atoms with E-state index in [4.69, 9.17) is 9.47 Å². The van der Waals surface area contributed by atoms with Gasteiger partial charge in [0.1, 0.15) is 5.69 Å². The zero-order valence-corrected chi connectivity index (χ0v) is 17.4. The fourth-order valence-corrected chi connectivity index (χ4v) is 3.62. The van der Waals surface area contributed by atoms with Gasteiger partial charge in [-0.3, -0.25) is 15.1 Å². The van der Waals surface area contributed by atoms with Crippen LogP contribution in [0.2, 0.25) is 0 Å². The second-order valence-electron chi connectivity index (χ2n) is 6.31. The first kappa shape index (κ1) is 20.4. The molecule has 0 spiro atoms. The molecule has 3 aromatic heterocycles. The number of carbonyl (C=O) groups excluding carboxylic acids is 1. The summed E-state index contributed by atoms with van der Waals surface area (Å²) >= 11 is 1.27. The SMILES string of the molecule is COc1cccc(-c2csc(NC(=O)c3cccnc3-c3ccc(OC)c(F)c3)n2)n1. The van der Waals surface area contributed by atoms with E-state index in [-0.39, 0.29) is 5.75 Å². The molecular weight excluding hydrogens is 419 g/mol. The molecule has 0 bridgehead atoms. The smallest absolute Gasteiger partial charge is 0.259 e. The van der Waals surface area contributed by atoms with E-state index in [1.54, 1.807) is 49.0 Å². The Morgan fingerprint density at radius 1 is 1.03 bits per heavy atom. The average molecular weight is 436 g/mol. The maximum Gasteiger partial charge on any atom is 0.259 e. The van der Waals surface area contributed by atoms with Crippen LogP contribution >= 0.6 is 11.3 Å². The van der Waals surface area contributed by atoms with Gasteiger partial charge >= 0.3 is 0 Å². The molecular formula is C22H17FN4O3S. The largest absolute Gasteiger partial charge is 0.494 e. The molecule has 1 N–H and O–H groups in total. The monoisotopic (exact) mass is 436 g/mol. The molecule has 0 fully saturated rings. The highest BCUT2D eigenvalue weighted by molar-refractivity contribution is 7.14. The summed E-state index contributed by atoms with van der Waals surface area (Å²) in [5.74, 6) is -0.346. The van der Waals surface area contributed by atoms with Crippen molar-refractivity contribution in [2.75, 3.05) is 19.5 Å². The van der Waals surface area contributed by atoms with Crippen LogP contribution < -0.4 is 14.8 Å². The van der Waals surface area contributed by atoms with Gasteiger partial charge in [-0.2, -0.15) is 0 Å². The second kappa shape index (κ2) is 8.88. The van der Waals surface area contributed by atoms with Crippen LogP contribution in [0.15, 0.2) is 60.1 Å². The molecule has 1 aromatic carbocycles. The number of carbonyl (C=O) groups is 1. The Bertz CT molecular complexity index is 1240. The Labute approximate surface area is 181 Å². The first-order chi connectivity index (χ1) is 15.1. The summed E-state index contributed by atoms with van der Waals surface area (Å²) in [5.41, 5.74) is 2.36. The van der Waals surface area contributed by atoms with Gasteiger partial charge in [-0.25, -0.2) is 14.4 Å². The fourth-order valence-electron chi connectivity index (χ4n) is 2.92. The van der Waals surface area contributed by atoms with Crippen molar-refractivity contribution >= 4 is 22.4 Å². The quantitative estimate of drug-likeness (QED) is 0.473. The topological polar surface area (TPSA) is 86.2 Å². The standard InChI is InChI=1S/C22H17FN4O3S/c1-29-18-9-8-13(11-15(18)23)20-14(5-4-10-24-20)21(28)27-22-26-17(12-31-22)16-6-3-7-19(25-16)30-2/h3-12H,1-2H3,(H,26,27,28). The number of halogens is 1. The van der Waals surface area contributed by atoms with Crippen molar-refractivity contribution in [3.8, 4) is 34.3 Å². The summed E-state index contributed by atoms with van der Waals surface area (Å²) in [4.78, 5) is 26.0. The van der Waals surface area contributed by atoms with E-state index < -0.39 is 11.7 Å². The number of benzene rings is 1. The van der Waals surface area contributed by atoms with Gasteiger partial charge in [0.05, 0.1) is 31.2 Å². The van der Waals surface area contributed by atoms with Gasteiger partial charge in [0.25, 0.3) is 5.91 Å². The highest BCUT2D eigenvalue weighted by Crippen LogP contribution is 2.28. The molecule has 0 unspecified atom stereocenters. The molecule has 7 nitrogen and oxygen atoms in total. The zero-order chi connectivity index (χ0) is 21.8. The summed E-state index contributed by atoms with van der Waals surface area (Å²) < 4.78 is 24.2. The molecule has 1 amide bonds. The van der Waals surface area contributed by atoms with Crippen LogP contribution in [0.25, 0.3) is 22.6 Å². The molecule has 0 aliphatic rings. The van der Waals surface area contributed by atoms with E-state index in [0.29, 0.717) is 39.2 Å². The minimum absolute atomic E-state index is 0.118. The van der Waals surface area contributed by atoms with Crippen LogP contribution in [0.4, 0.5) is 9.52 Å². The fraction of sp³-hybridized carbons (Fsp3) is 0.0909. The summed E-state index contributed by atoms with van der Waals surface area (Å²) in [6, 6.07) is 13.1. The number of hydrogen-bond donors (Lipinski definition) is 1. The number of nitrogens with zero attached hydrogens (tertiary/aromatic N) is 3. The number of anilines is 1. The van der Waals surface area contributed by atoms with Crippen molar-refractivity contribution in [3.63, 3.8) is 0 Å². The van der Waals surface area contributed by atoms with Crippen molar-refractivity contribution in [2.24, 2.45) is 0 Å². The van der Waals surface area contributed by atoms with Gasteiger partial charge < -0.3 is 9.47 Å². The minimum Gasteiger partial charge on any atom is -0.494 e. The van der Waals surface area contributed by atoms with E-state index >= 15 is 0 Å². The Hall–Kier alpha value is -3.85. The molecule has 0 atom stereocenters. The van der Waals surface area contributed by atoms with Crippen molar-refractivity contribution in [2.45, 2.75) is 0 Å². The lowest BCUT2D eigenvalue weighted by Gasteiger charge is -2.09. The third-order valence-electron chi connectivity index (χ3n) is 4.40. The molecule has 4 rings (SSSR count). The Morgan fingerprint density at radius 2 is 1.90 bits per heavy atom. The summed E-state index contributed by atoms with van der Waals surface area (Å²) in [6.45, 7) is 0. The summed E-state index contributed by atoms with van der Waals surface area (Å²) in [5, 5.41) is 4.97. The van der Waals surface area contributed by atoms with Crippen molar-refractivity contribution in [3.05, 3.63) is 71.5 Å². The Balaban J connectivity index is 1.59. The van der Waals surface area contributed by atoms with Crippen molar-refractivity contribution in [1.82, 2.24) is 15.0 Å². The van der Waals surface area contributed by atoms with Crippen molar-refractivity contribution in [1.29, 1.82) is 0 Å². The number of rotatable bonds is 6. The molecule has 156 valence electrons. The van der Waals surface area contributed by atoms with Gasteiger partial charge in [0.2, 0.25) is 5.88 Å². The van der Waals surface area contributed by atoms with Crippen molar-refractivity contribution < 1.29 is 18.7 Å². The molecule has 31 heavy (non-hydrogen) atoms. The number of ether oxygens (including phenoxy) is 2. The molecule has 0 radical (unpaired) electrons. The van der Waals surface area contributed by atoms with Gasteiger partial charge in [0.15, 0.2) is 16.7 Å². The number of nitrogens with one attached hydrogen (secondary N) is 1. The van der Waals surface area contributed by atoms with Crippen LogP contribution in [0.3, 0.4) is 0 Å². The first-order valence-corrected chi connectivity index (χ1v) is 10.0. The molecule has 0 saturated carbocycles.